The van der Waals surface area contributed by atoms with Crippen LogP contribution in [0, 0.1) is 5.41 Å². The van der Waals surface area contributed by atoms with Gasteiger partial charge in [0, 0.05) is 6.54 Å². The predicted molar refractivity (Wildman–Crippen MR) is 63.4 cm³/mol. The summed E-state index contributed by atoms with van der Waals surface area (Å²) < 4.78 is 0. The number of carboxylic acids is 1. The van der Waals surface area contributed by atoms with Crippen molar-refractivity contribution in [2.24, 2.45) is 5.41 Å². The molecule has 1 aliphatic carbocycles. The summed E-state index contributed by atoms with van der Waals surface area (Å²) in [6.07, 6.45) is 9.09. The van der Waals surface area contributed by atoms with Crippen LogP contribution in [0.15, 0.2) is 0 Å². The minimum absolute atomic E-state index is 0.412. The van der Waals surface area contributed by atoms with Crippen molar-refractivity contribution >= 4 is 5.97 Å². The molecule has 0 unspecified atom stereocenters. The average Bonchev–Trinajstić information content (AvgIpc) is 2.58. The molecule has 0 atom stereocenters. The molecular weight excluding hydrogens is 202 g/mol. The first-order valence-electron chi connectivity index (χ1n) is 6.69. The zero-order valence-corrected chi connectivity index (χ0v) is 10.1. The molecule has 0 bridgehead atoms. The van der Waals surface area contributed by atoms with Crippen LogP contribution in [0.2, 0.25) is 0 Å². The second kappa shape index (κ2) is 5.17. The van der Waals surface area contributed by atoms with Gasteiger partial charge in [0.1, 0.15) is 0 Å². The highest BCUT2D eigenvalue weighted by molar-refractivity contribution is 5.75. The van der Waals surface area contributed by atoms with Crippen LogP contribution < -0.4 is 0 Å². The zero-order chi connectivity index (χ0) is 11.4. The van der Waals surface area contributed by atoms with E-state index in [4.69, 9.17) is 0 Å². The van der Waals surface area contributed by atoms with Crippen molar-refractivity contribution in [3.8, 4) is 0 Å². The third kappa shape index (κ3) is 2.57. The van der Waals surface area contributed by atoms with Crippen molar-refractivity contribution in [1.29, 1.82) is 0 Å². The molecule has 1 heterocycles. The molecule has 1 N–H and O–H groups in total. The highest BCUT2D eigenvalue weighted by Crippen LogP contribution is 2.39. The third-order valence-electron chi connectivity index (χ3n) is 4.24. The normalized spacial score (nSPS) is 26.5. The summed E-state index contributed by atoms with van der Waals surface area (Å²) in [5.74, 6) is -0.561. The Kier molecular flexibility index (Phi) is 3.85. The van der Waals surface area contributed by atoms with Crippen molar-refractivity contribution in [2.45, 2.75) is 51.4 Å². The predicted octanol–water partition coefficient (Wildman–Crippen LogP) is 2.51. The fraction of sp³-hybridized carbons (Fsp3) is 0.923. The Balaban J connectivity index is 1.96. The van der Waals surface area contributed by atoms with Gasteiger partial charge in [0.2, 0.25) is 0 Å². The molecule has 1 aliphatic heterocycles. The van der Waals surface area contributed by atoms with Crippen LogP contribution in [0.25, 0.3) is 0 Å². The number of carboxylic acid groups (broad SMARTS) is 1. The summed E-state index contributed by atoms with van der Waals surface area (Å²) >= 11 is 0. The van der Waals surface area contributed by atoms with Crippen molar-refractivity contribution in [1.82, 2.24) is 4.90 Å². The van der Waals surface area contributed by atoms with Crippen molar-refractivity contribution in [2.75, 3.05) is 19.6 Å². The molecule has 0 aromatic heterocycles. The first kappa shape index (κ1) is 11.9. The van der Waals surface area contributed by atoms with Crippen LogP contribution >= 0.6 is 0 Å². The third-order valence-corrected chi connectivity index (χ3v) is 4.24. The van der Waals surface area contributed by atoms with Crippen LogP contribution in [0.3, 0.4) is 0 Å². The number of nitrogens with zero attached hydrogens (tertiary/aromatic N) is 1. The largest absolute Gasteiger partial charge is 0.481 e. The van der Waals surface area contributed by atoms with Gasteiger partial charge in [-0.3, -0.25) is 4.79 Å². The highest BCUT2D eigenvalue weighted by Gasteiger charge is 2.42. The van der Waals surface area contributed by atoms with Crippen LogP contribution in [-0.2, 0) is 4.79 Å². The molecule has 3 heteroatoms. The monoisotopic (exact) mass is 225 g/mol. The number of carbonyl (C=O) groups is 1. The van der Waals surface area contributed by atoms with Gasteiger partial charge in [-0.25, -0.2) is 0 Å². The second-order valence-electron chi connectivity index (χ2n) is 5.48. The van der Waals surface area contributed by atoms with Crippen molar-refractivity contribution in [3.05, 3.63) is 0 Å². The van der Waals surface area contributed by atoms with Gasteiger partial charge in [0.15, 0.2) is 0 Å². The molecule has 92 valence electrons. The van der Waals surface area contributed by atoms with Gasteiger partial charge >= 0.3 is 5.97 Å². The molecule has 1 saturated carbocycles. The molecule has 0 aromatic rings. The Morgan fingerprint density at radius 3 is 2.06 bits per heavy atom. The van der Waals surface area contributed by atoms with E-state index in [1.807, 2.05) is 0 Å². The smallest absolute Gasteiger partial charge is 0.310 e. The summed E-state index contributed by atoms with van der Waals surface area (Å²) in [6.45, 7) is 3.01. The first-order chi connectivity index (χ1) is 7.73. The summed E-state index contributed by atoms with van der Waals surface area (Å²) in [4.78, 5) is 13.9. The van der Waals surface area contributed by atoms with E-state index in [1.54, 1.807) is 0 Å². The summed E-state index contributed by atoms with van der Waals surface area (Å²) in [5, 5.41) is 9.44. The summed E-state index contributed by atoms with van der Waals surface area (Å²) in [5.41, 5.74) is -0.412. The lowest BCUT2D eigenvalue weighted by Gasteiger charge is -2.31. The Hall–Kier alpha value is -0.570. The molecule has 2 aliphatic rings. The van der Waals surface area contributed by atoms with Crippen LogP contribution in [0.4, 0.5) is 0 Å². The van der Waals surface area contributed by atoms with E-state index in [1.165, 1.54) is 25.7 Å². The van der Waals surface area contributed by atoms with E-state index >= 15 is 0 Å². The minimum Gasteiger partial charge on any atom is -0.481 e. The molecule has 0 radical (unpaired) electrons. The quantitative estimate of drug-likeness (QED) is 0.802. The fourth-order valence-electron chi connectivity index (χ4n) is 3.21. The molecule has 0 spiro atoms. The standard InChI is InChI=1S/C13H23NO2/c15-12(16)13(7-3-4-8-13)11-14-9-5-1-2-6-10-14/h1-11H2,(H,15,16). The van der Waals surface area contributed by atoms with Gasteiger partial charge < -0.3 is 10.0 Å². The number of hydrogen-bond acceptors (Lipinski definition) is 2. The van der Waals surface area contributed by atoms with Crippen molar-refractivity contribution < 1.29 is 9.90 Å². The minimum atomic E-state index is -0.561. The second-order valence-corrected chi connectivity index (χ2v) is 5.48. The average molecular weight is 225 g/mol. The highest BCUT2D eigenvalue weighted by atomic mass is 16.4. The molecular formula is C13H23NO2. The van der Waals surface area contributed by atoms with Gasteiger partial charge in [0.25, 0.3) is 0 Å². The Labute approximate surface area is 97.8 Å². The van der Waals surface area contributed by atoms with Gasteiger partial charge in [-0.2, -0.15) is 0 Å². The fourth-order valence-corrected chi connectivity index (χ4v) is 3.21. The molecule has 2 fully saturated rings. The van der Waals surface area contributed by atoms with Gasteiger partial charge in [-0.05, 0) is 38.8 Å². The zero-order valence-electron chi connectivity index (χ0n) is 10.1. The SMILES string of the molecule is O=C(O)C1(CN2CCCCCC2)CCCC1. The van der Waals surface area contributed by atoms with E-state index in [9.17, 15) is 9.90 Å². The first-order valence-corrected chi connectivity index (χ1v) is 6.69. The topological polar surface area (TPSA) is 40.5 Å². The maximum atomic E-state index is 11.5. The Morgan fingerprint density at radius 2 is 1.56 bits per heavy atom. The molecule has 3 nitrogen and oxygen atoms in total. The molecule has 0 amide bonds. The van der Waals surface area contributed by atoms with E-state index in [0.29, 0.717) is 0 Å². The van der Waals surface area contributed by atoms with Crippen LogP contribution in [0.5, 0.6) is 0 Å². The Morgan fingerprint density at radius 1 is 1.00 bits per heavy atom. The summed E-state index contributed by atoms with van der Waals surface area (Å²) in [7, 11) is 0. The lowest BCUT2D eigenvalue weighted by Crippen LogP contribution is -2.41. The molecule has 2 rings (SSSR count). The Bertz CT molecular complexity index is 238. The van der Waals surface area contributed by atoms with Crippen LogP contribution in [0.1, 0.15) is 51.4 Å². The molecule has 0 aromatic carbocycles. The van der Waals surface area contributed by atoms with E-state index < -0.39 is 11.4 Å². The molecule has 1 saturated heterocycles. The molecule has 16 heavy (non-hydrogen) atoms. The van der Waals surface area contributed by atoms with E-state index in [-0.39, 0.29) is 0 Å². The lowest BCUT2D eigenvalue weighted by atomic mass is 9.85. The van der Waals surface area contributed by atoms with Crippen molar-refractivity contribution in [3.63, 3.8) is 0 Å². The van der Waals surface area contributed by atoms with Crippen LogP contribution in [-0.4, -0.2) is 35.6 Å². The van der Waals surface area contributed by atoms with Gasteiger partial charge in [0.05, 0.1) is 5.41 Å². The number of hydrogen-bond donors (Lipinski definition) is 1. The lowest BCUT2D eigenvalue weighted by molar-refractivity contribution is -0.149. The van der Waals surface area contributed by atoms with Gasteiger partial charge in [-0.1, -0.05) is 25.7 Å². The summed E-state index contributed by atoms with van der Waals surface area (Å²) in [6, 6.07) is 0. The number of rotatable bonds is 3. The van der Waals surface area contributed by atoms with E-state index in [2.05, 4.69) is 4.90 Å². The maximum absolute atomic E-state index is 11.5. The van der Waals surface area contributed by atoms with E-state index in [0.717, 1.165) is 45.3 Å². The maximum Gasteiger partial charge on any atom is 0.310 e. The number of aliphatic carboxylic acids is 1. The van der Waals surface area contributed by atoms with Gasteiger partial charge in [-0.15, -0.1) is 0 Å². The number of likely N-dealkylation sites (tertiary alicyclic amines) is 1.